The van der Waals surface area contributed by atoms with Gasteiger partial charge in [-0.25, -0.2) is 18.6 Å². The van der Waals surface area contributed by atoms with Crippen LogP contribution in [0.5, 0.6) is 0 Å². The van der Waals surface area contributed by atoms with E-state index < -0.39 is 41.3 Å². The SMILES string of the molecule is CC(C)(C)OC(=O)N1CCC(c2nc(-c3ccc(F)c(C(F)(F)F)c3)cn2CCOC2CCCCO2)C(F)C1. The lowest BCUT2D eigenvalue weighted by molar-refractivity contribution is -0.163. The van der Waals surface area contributed by atoms with E-state index in [0.29, 0.717) is 18.5 Å². The average molecular weight is 560 g/mol. The molecule has 0 N–H and O–H groups in total. The normalized spacial score (nSPS) is 22.7. The highest BCUT2D eigenvalue weighted by molar-refractivity contribution is 5.68. The molecular weight excluding hydrogens is 525 g/mol. The number of benzene rings is 1. The number of likely N-dealkylation sites (tertiary alicyclic amines) is 1. The first kappa shape index (κ1) is 29.3. The maximum atomic E-state index is 15.5. The van der Waals surface area contributed by atoms with Crippen LogP contribution in [0.4, 0.5) is 26.7 Å². The molecule has 2 aromatic rings. The molecule has 1 aromatic carbocycles. The standard InChI is InChI=1S/C27H34F5N3O4/c1-26(2,3)39-25(36)35-10-9-18(21(29)15-35)24-33-22(17-7-8-20(28)19(14-17)27(30,31)32)16-34(24)11-13-38-23-6-4-5-12-37-23/h7-8,14,16,18,21,23H,4-6,9-13,15H2,1-3H3. The number of hydrogen-bond acceptors (Lipinski definition) is 5. The molecule has 216 valence electrons. The summed E-state index contributed by atoms with van der Waals surface area (Å²) in [5.41, 5.74) is -1.91. The molecule has 3 atom stereocenters. The van der Waals surface area contributed by atoms with Gasteiger partial charge in [-0.05, 0) is 64.7 Å². The summed E-state index contributed by atoms with van der Waals surface area (Å²) in [6.07, 6.45) is -2.85. The first-order valence-corrected chi connectivity index (χ1v) is 13.1. The molecule has 39 heavy (non-hydrogen) atoms. The van der Waals surface area contributed by atoms with E-state index >= 15 is 4.39 Å². The van der Waals surface area contributed by atoms with Crippen molar-refractivity contribution >= 4 is 6.09 Å². The highest BCUT2D eigenvalue weighted by Crippen LogP contribution is 2.36. The maximum absolute atomic E-state index is 15.5. The van der Waals surface area contributed by atoms with Crippen molar-refractivity contribution < 1.29 is 41.0 Å². The van der Waals surface area contributed by atoms with Crippen LogP contribution in [0.15, 0.2) is 24.4 Å². The number of halogens is 5. The van der Waals surface area contributed by atoms with Gasteiger partial charge < -0.3 is 23.7 Å². The number of alkyl halides is 4. The van der Waals surface area contributed by atoms with Crippen LogP contribution in [-0.2, 0) is 26.9 Å². The fourth-order valence-electron chi connectivity index (χ4n) is 4.76. The molecule has 2 saturated heterocycles. The second-order valence-corrected chi connectivity index (χ2v) is 10.9. The van der Waals surface area contributed by atoms with Crippen LogP contribution in [0.2, 0.25) is 0 Å². The summed E-state index contributed by atoms with van der Waals surface area (Å²) in [5.74, 6) is -1.77. The van der Waals surface area contributed by atoms with Gasteiger partial charge in [-0.15, -0.1) is 0 Å². The summed E-state index contributed by atoms with van der Waals surface area (Å²) in [4.78, 5) is 18.3. The minimum atomic E-state index is -4.88. The topological polar surface area (TPSA) is 65.8 Å². The molecular formula is C27H34F5N3O4. The van der Waals surface area contributed by atoms with Crippen molar-refractivity contribution in [1.29, 1.82) is 0 Å². The van der Waals surface area contributed by atoms with Gasteiger partial charge in [-0.2, -0.15) is 13.2 Å². The van der Waals surface area contributed by atoms with Crippen LogP contribution < -0.4 is 0 Å². The molecule has 2 aliphatic heterocycles. The van der Waals surface area contributed by atoms with Crippen molar-refractivity contribution in [2.24, 2.45) is 0 Å². The van der Waals surface area contributed by atoms with Crippen LogP contribution in [0.1, 0.15) is 63.8 Å². The molecule has 3 unspecified atom stereocenters. The van der Waals surface area contributed by atoms with Crippen LogP contribution in [0.3, 0.4) is 0 Å². The first-order chi connectivity index (χ1) is 18.3. The average Bonchev–Trinajstić information content (AvgIpc) is 3.27. The molecule has 3 heterocycles. The molecule has 2 fully saturated rings. The quantitative estimate of drug-likeness (QED) is 0.388. The van der Waals surface area contributed by atoms with Gasteiger partial charge in [0.15, 0.2) is 6.29 Å². The van der Waals surface area contributed by atoms with Crippen LogP contribution in [0.25, 0.3) is 11.3 Å². The van der Waals surface area contributed by atoms with E-state index in [1.807, 2.05) is 0 Å². The Morgan fingerprint density at radius 2 is 1.95 bits per heavy atom. The third-order valence-electron chi connectivity index (χ3n) is 6.67. The monoisotopic (exact) mass is 559 g/mol. The molecule has 0 radical (unpaired) electrons. The second kappa shape index (κ2) is 11.8. The Morgan fingerprint density at radius 3 is 2.59 bits per heavy atom. The third kappa shape index (κ3) is 7.47. The van der Waals surface area contributed by atoms with Gasteiger partial charge >= 0.3 is 12.3 Å². The van der Waals surface area contributed by atoms with Crippen molar-refractivity contribution in [1.82, 2.24) is 14.5 Å². The second-order valence-electron chi connectivity index (χ2n) is 10.9. The predicted molar refractivity (Wildman–Crippen MR) is 132 cm³/mol. The number of amides is 1. The molecule has 1 amide bonds. The predicted octanol–water partition coefficient (Wildman–Crippen LogP) is 6.31. The fourth-order valence-corrected chi connectivity index (χ4v) is 4.76. The fraction of sp³-hybridized carbons (Fsp3) is 0.630. The van der Waals surface area contributed by atoms with Crippen molar-refractivity contribution in [3.63, 3.8) is 0 Å². The number of hydrogen-bond donors (Lipinski definition) is 0. The summed E-state index contributed by atoms with van der Waals surface area (Å²) in [5, 5.41) is 0. The zero-order valence-electron chi connectivity index (χ0n) is 22.3. The lowest BCUT2D eigenvalue weighted by Crippen LogP contribution is -2.46. The minimum Gasteiger partial charge on any atom is -0.444 e. The Kier molecular flexibility index (Phi) is 8.85. The van der Waals surface area contributed by atoms with E-state index in [2.05, 4.69) is 4.98 Å². The summed E-state index contributed by atoms with van der Waals surface area (Å²) < 4.78 is 87.8. The van der Waals surface area contributed by atoms with Gasteiger partial charge in [0.1, 0.15) is 23.4 Å². The van der Waals surface area contributed by atoms with E-state index in [-0.39, 0.29) is 50.2 Å². The number of aromatic nitrogens is 2. The Morgan fingerprint density at radius 1 is 1.18 bits per heavy atom. The van der Waals surface area contributed by atoms with Gasteiger partial charge in [0.25, 0.3) is 0 Å². The van der Waals surface area contributed by atoms with Gasteiger partial charge in [0.2, 0.25) is 0 Å². The summed E-state index contributed by atoms with van der Waals surface area (Å²) in [6.45, 7) is 6.28. The Labute approximate surface area is 224 Å². The Balaban J connectivity index is 1.57. The van der Waals surface area contributed by atoms with Gasteiger partial charge in [-0.3, -0.25) is 0 Å². The lowest BCUT2D eigenvalue weighted by atomic mass is 9.94. The number of carbonyl (C=O) groups is 1. The zero-order valence-corrected chi connectivity index (χ0v) is 22.3. The number of rotatable bonds is 6. The van der Waals surface area contributed by atoms with Crippen molar-refractivity contribution in [3.05, 3.63) is 41.6 Å². The van der Waals surface area contributed by atoms with Crippen LogP contribution >= 0.6 is 0 Å². The van der Waals surface area contributed by atoms with E-state index in [9.17, 15) is 22.4 Å². The van der Waals surface area contributed by atoms with E-state index in [1.54, 1.807) is 25.3 Å². The Hall–Kier alpha value is -2.73. The zero-order chi connectivity index (χ0) is 28.4. The van der Waals surface area contributed by atoms with Crippen molar-refractivity contribution in [3.8, 4) is 11.3 Å². The van der Waals surface area contributed by atoms with E-state index in [0.717, 1.165) is 25.3 Å². The van der Waals surface area contributed by atoms with E-state index in [4.69, 9.17) is 14.2 Å². The summed E-state index contributed by atoms with van der Waals surface area (Å²) in [7, 11) is 0. The Bertz CT molecular complexity index is 1140. The van der Waals surface area contributed by atoms with Crippen LogP contribution in [0, 0.1) is 5.82 Å². The molecule has 0 aliphatic carbocycles. The number of imidazole rings is 1. The molecule has 2 aliphatic rings. The molecule has 0 saturated carbocycles. The number of ether oxygens (including phenoxy) is 3. The maximum Gasteiger partial charge on any atom is 0.419 e. The minimum absolute atomic E-state index is 0.0573. The van der Waals surface area contributed by atoms with Gasteiger partial charge in [0, 0.05) is 31.5 Å². The number of piperidine rings is 1. The molecule has 0 spiro atoms. The number of nitrogens with zero attached hydrogens (tertiary/aromatic N) is 3. The molecule has 0 bridgehead atoms. The molecule has 12 heteroatoms. The first-order valence-electron chi connectivity index (χ1n) is 13.1. The molecule has 7 nitrogen and oxygen atoms in total. The van der Waals surface area contributed by atoms with Crippen LogP contribution in [-0.4, -0.2) is 64.9 Å². The summed E-state index contributed by atoms with van der Waals surface area (Å²) >= 11 is 0. The smallest absolute Gasteiger partial charge is 0.419 e. The lowest BCUT2D eigenvalue weighted by Gasteiger charge is -2.35. The highest BCUT2D eigenvalue weighted by Gasteiger charge is 2.38. The van der Waals surface area contributed by atoms with Crippen molar-refractivity contribution in [2.75, 3.05) is 26.3 Å². The summed E-state index contributed by atoms with van der Waals surface area (Å²) in [6, 6.07) is 2.67. The van der Waals surface area contributed by atoms with Gasteiger partial charge in [-0.1, -0.05) is 0 Å². The molecule has 1 aromatic heterocycles. The van der Waals surface area contributed by atoms with Gasteiger partial charge in [0.05, 0.1) is 30.3 Å². The highest BCUT2D eigenvalue weighted by atomic mass is 19.4. The third-order valence-corrected chi connectivity index (χ3v) is 6.67. The van der Waals surface area contributed by atoms with E-state index in [1.165, 1.54) is 17.2 Å². The number of carbonyl (C=O) groups excluding carboxylic acids is 1. The van der Waals surface area contributed by atoms with Crippen molar-refractivity contribution in [2.45, 2.75) is 83.2 Å². The molecule has 4 rings (SSSR count). The largest absolute Gasteiger partial charge is 0.444 e.